The summed E-state index contributed by atoms with van der Waals surface area (Å²) in [5, 5.41) is 6.04. The predicted molar refractivity (Wildman–Crippen MR) is 157 cm³/mol. The minimum Gasteiger partial charge on any atom is -0.391 e. The number of nitrogens with two attached hydrogens (primary N) is 3. The number of rotatable bonds is 7. The molecule has 1 aromatic carbocycles. The van der Waals surface area contributed by atoms with Crippen molar-refractivity contribution in [1.82, 2.24) is 14.7 Å². The lowest BCUT2D eigenvalue weighted by molar-refractivity contribution is -0.127. The minimum absolute atomic E-state index is 0.0227. The summed E-state index contributed by atoms with van der Waals surface area (Å²) in [6.07, 6.45) is 9.91. The van der Waals surface area contributed by atoms with Crippen LogP contribution in [0.3, 0.4) is 0 Å². The summed E-state index contributed by atoms with van der Waals surface area (Å²) in [7, 11) is 3.11. The number of likely N-dealkylation sites (tertiary alicyclic amines) is 1. The summed E-state index contributed by atoms with van der Waals surface area (Å²) in [5.41, 5.74) is 19.9. The summed E-state index contributed by atoms with van der Waals surface area (Å²) >= 11 is 6.56. The fraction of sp³-hybridized carbons (Fsp3) is 0.448. The second kappa shape index (κ2) is 12.6. The van der Waals surface area contributed by atoms with Gasteiger partial charge in [-0.25, -0.2) is 0 Å². The Bertz CT molecular complexity index is 1440. The van der Waals surface area contributed by atoms with E-state index in [1.165, 1.54) is 31.5 Å². The number of amides is 2. The first-order chi connectivity index (χ1) is 19.2. The topological polar surface area (TPSA) is 155 Å². The van der Waals surface area contributed by atoms with Gasteiger partial charge in [-0.1, -0.05) is 24.1 Å². The number of allylic oxidation sites excluding steroid dienone is 1. The number of aromatic nitrogens is 2. The Morgan fingerprint density at radius 3 is 2.55 bits per heavy atom. The SMILES string of the molecule is C=CC(=O)N1CCCC1COC.CN=C(N)/C(C(N)=O)=C(\N)C#Cc1c(Cl)cc(C2CC2)c2c1cnn2C1CC1. The maximum atomic E-state index is 11.7. The molecule has 1 aliphatic heterocycles. The van der Waals surface area contributed by atoms with Gasteiger partial charge < -0.3 is 26.8 Å². The summed E-state index contributed by atoms with van der Waals surface area (Å²) in [5.74, 6) is 5.48. The third-order valence-corrected chi connectivity index (χ3v) is 7.60. The Kier molecular flexibility index (Phi) is 9.17. The van der Waals surface area contributed by atoms with Gasteiger partial charge in [0.1, 0.15) is 11.4 Å². The number of halogens is 1. The number of fused-ring (bicyclic) bond motifs is 1. The van der Waals surface area contributed by atoms with Gasteiger partial charge in [0.25, 0.3) is 5.91 Å². The molecule has 2 heterocycles. The van der Waals surface area contributed by atoms with E-state index in [-0.39, 0.29) is 29.1 Å². The molecular formula is C29H36ClN7O3. The zero-order chi connectivity index (χ0) is 29.0. The van der Waals surface area contributed by atoms with Crippen molar-refractivity contribution >= 4 is 40.2 Å². The van der Waals surface area contributed by atoms with Crippen molar-refractivity contribution in [3.63, 3.8) is 0 Å². The van der Waals surface area contributed by atoms with Crippen molar-refractivity contribution in [3.05, 3.63) is 52.3 Å². The molecule has 1 unspecified atom stereocenters. The number of benzene rings is 1. The van der Waals surface area contributed by atoms with Gasteiger partial charge in [0, 0.05) is 26.1 Å². The second-order valence-electron chi connectivity index (χ2n) is 10.2. The summed E-state index contributed by atoms with van der Waals surface area (Å²) in [6, 6.07) is 2.70. The van der Waals surface area contributed by atoms with E-state index in [1.54, 1.807) is 7.11 Å². The van der Waals surface area contributed by atoms with E-state index in [4.69, 9.17) is 33.5 Å². The number of nitrogens with zero attached hydrogens (tertiary/aromatic N) is 4. The minimum atomic E-state index is -0.781. The fourth-order valence-corrected chi connectivity index (χ4v) is 5.24. The number of hydrogen-bond donors (Lipinski definition) is 3. The van der Waals surface area contributed by atoms with E-state index in [9.17, 15) is 9.59 Å². The zero-order valence-electron chi connectivity index (χ0n) is 23.0. The molecule has 0 bridgehead atoms. The van der Waals surface area contributed by atoms with Crippen molar-refractivity contribution in [2.24, 2.45) is 22.2 Å². The molecule has 6 N–H and O–H groups in total. The first-order valence-corrected chi connectivity index (χ1v) is 13.7. The number of hydrogen-bond acceptors (Lipinski definition) is 6. The van der Waals surface area contributed by atoms with E-state index in [1.807, 2.05) is 17.2 Å². The molecule has 1 aromatic heterocycles. The fourth-order valence-electron chi connectivity index (χ4n) is 4.98. The highest BCUT2D eigenvalue weighted by Crippen LogP contribution is 2.47. The molecule has 2 saturated carbocycles. The van der Waals surface area contributed by atoms with Crippen LogP contribution in [0.5, 0.6) is 0 Å². The lowest BCUT2D eigenvalue weighted by Crippen LogP contribution is -2.36. The summed E-state index contributed by atoms with van der Waals surface area (Å²) in [4.78, 5) is 28.5. The highest BCUT2D eigenvalue weighted by atomic mass is 35.5. The molecule has 2 aromatic rings. The Morgan fingerprint density at radius 1 is 1.25 bits per heavy atom. The van der Waals surface area contributed by atoms with Crippen LogP contribution in [0.25, 0.3) is 10.9 Å². The van der Waals surface area contributed by atoms with E-state index in [2.05, 4.69) is 33.2 Å². The molecule has 1 saturated heterocycles. The zero-order valence-corrected chi connectivity index (χ0v) is 23.7. The largest absolute Gasteiger partial charge is 0.391 e. The maximum Gasteiger partial charge on any atom is 0.255 e. The molecular weight excluding hydrogens is 530 g/mol. The van der Waals surface area contributed by atoms with Crippen molar-refractivity contribution in [3.8, 4) is 11.8 Å². The molecule has 5 rings (SSSR count). The number of carbonyl (C=O) groups excluding carboxylic acids is 2. The monoisotopic (exact) mass is 565 g/mol. The lowest BCUT2D eigenvalue weighted by atomic mass is 10.0. The highest BCUT2D eigenvalue weighted by Gasteiger charge is 2.33. The van der Waals surface area contributed by atoms with Gasteiger partial charge >= 0.3 is 0 Å². The van der Waals surface area contributed by atoms with Gasteiger partial charge in [-0.05, 0) is 68.1 Å². The van der Waals surface area contributed by atoms with E-state index < -0.39 is 5.91 Å². The van der Waals surface area contributed by atoms with Crippen LogP contribution in [-0.2, 0) is 14.3 Å². The average Bonchev–Trinajstić information content (AvgIpc) is 3.87. The smallest absolute Gasteiger partial charge is 0.255 e. The van der Waals surface area contributed by atoms with Crippen LogP contribution in [0, 0.1) is 11.8 Å². The Balaban J connectivity index is 0.000000259. The number of primary amides is 1. The maximum absolute atomic E-state index is 11.7. The van der Waals surface area contributed by atoms with Crippen LogP contribution in [0.15, 0.2) is 41.2 Å². The molecule has 2 aliphatic carbocycles. The molecule has 10 nitrogen and oxygen atoms in total. The van der Waals surface area contributed by atoms with E-state index in [0.29, 0.717) is 29.2 Å². The standard InChI is InChI=1S/C20H21ClN6O.C9H15NO2/c1-25-19(23)17(20(24)28)16(22)7-6-12-14-9-26-27(11-4-5-11)18(14)13(8-15(12)21)10-2-3-10;1-3-9(11)10-6-4-5-8(10)7-12-2/h8-11H,2-5,22H2,1H3,(H2,23,25)(H2,24,28);3,8H,1,4-7H2,2H3/b17-16+;. The molecule has 3 fully saturated rings. The van der Waals surface area contributed by atoms with Crippen LogP contribution >= 0.6 is 11.6 Å². The van der Waals surface area contributed by atoms with Crippen molar-refractivity contribution in [1.29, 1.82) is 0 Å². The van der Waals surface area contributed by atoms with Crippen molar-refractivity contribution in [2.45, 2.75) is 56.5 Å². The summed E-state index contributed by atoms with van der Waals surface area (Å²) in [6.45, 7) is 4.95. The molecule has 212 valence electrons. The first-order valence-electron chi connectivity index (χ1n) is 13.4. The van der Waals surface area contributed by atoms with Crippen LogP contribution < -0.4 is 17.2 Å². The summed E-state index contributed by atoms with van der Waals surface area (Å²) < 4.78 is 7.12. The van der Waals surface area contributed by atoms with Gasteiger partial charge in [-0.2, -0.15) is 5.10 Å². The average molecular weight is 566 g/mol. The van der Waals surface area contributed by atoms with Crippen LogP contribution in [0.4, 0.5) is 0 Å². The molecule has 11 heteroatoms. The number of ether oxygens (including phenoxy) is 1. The Labute approximate surface area is 239 Å². The van der Waals surface area contributed by atoms with Crippen molar-refractivity contribution in [2.75, 3.05) is 27.3 Å². The predicted octanol–water partition coefficient (Wildman–Crippen LogP) is 2.75. The highest BCUT2D eigenvalue weighted by molar-refractivity contribution is 6.33. The molecule has 1 atom stereocenters. The first kappa shape index (κ1) is 29.2. The van der Waals surface area contributed by atoms with Gasteiger partial charge in [0.2, 0.25) is 5.91 Å². The van der Waals surface area contributed by atoms with Gasteiger partial charge in [0.15, 0.2) is 0 Å². The van der Waals surface area contributed by atoms with Gasteiger partial charge in [-0.3, -0.25) is 19.3 Å². The molecule has 0 spiro atoms. The van der Waals surface area contributed by atoms with Crippen LogP contribution in [0.2, 0.25) is 5.02 Å². The van der Waals surface area contributed by atoms with Gasteiger partial charge in [-0.15, -0.1) is 0 Å². The molecule has 2 amide bonds. The normalized spacial score (nSPS) is 19.3. The van der Waals surface area contributed by atoms with Crippen LogP contribution in [0.1, 0.15) is 61.6 Å². The third kappa shape index (κ3) is 6.32. The third-order valence-electron chi connectivity index (χ3n) is 7.30. The lowest BCUT2D eigenvalue weighted by Gasteiger charge is -2.22. The van der Waals surface area contributed by atoms with E-state index in [0.717, 1.165) is 43.1 Å². The number of amidine groups is 1. The number of carbonyl (C=O) groups is 2. The van der Waals surface area contributed by atoms with Gasteiger partial charge in [0.05, 0.1) is 46.7 Å². The number of methoxy groups -OCH3 is 1. The quantitative estimate of drug-likeness (QED) is 0.203. The molecule has 40 heavy (non-hydrogen) atoms. The van der Waals surface area contributed by atoms with Crippen molar-refractivity contribution < 1.29 is 14.3 Å². The molecule has 0 radical (unpaired) electrons. The van der Waals surface area contributed by atoms with Crippen LogP contribution in [-0.4, -0.2) is 65.7 Å². The molecule has 3 aliphatic rings. The number of aliphatic imine (C=N–C) groups is 1. The van der Waals surface area contributed by atoms with E-state index >= 15 is 0 Å². The Hall–Kier alpha value is -3.81. The Morgan fingerprint density at radius 2 is 1.98 bits per heavy atom. The second-order valence-corrected chi connectivity index (χ2v) is 10.6.